The van der Waals surface area contributed by atoms with Gasteiger partial charge in [0.2, 0.25) is 0 Å². The Morgan fingerprint density at radius 3 is 2.67 bits per heavy atom. The molecule has 4 N–H and O–H groups in total. The van der Waals surface area contributed by atoms with Crippen LogP contribution < -0.4 is 16.0 Å². The van der Waals surface area contributed by atoms with Crippen LogP contribution in [0.25, 0.3) is 0 Å². The highest BCUT2D eigenvalue weighted by Crippen LogP contribution is 2.23. The second-order valence-electron chi connectivity index (χ2n) is 4.53. The van der Waals surface area contributed by atoms with Crippen molar-refractivity contribution in [3.05, 3.63) is 23.8 Å². The minimum absolute atomic E-state index is 0.160. The smallest absolute Gasteiger partial charge is 0.161 e. The van der Waals surface area contributed by atoms with Crippen molar-refractivity contribution in [3.8, 4) is 0 Å². The van der Waals surface area contributed by atoms with Crippen LogP contribution in [0.4, 0.5) is 11.4 Å². The lowest BCUT2D eigenvalue weighted by molar-refractivity contribution is 0.316. The van der Waals surface area contributed by atoms with Gasteiger partial charge in [0.15, 0.2) is 5.84 Å². The van der Waals surface area contributed by atoms with Crippen LogP contribution in [-0.4, -0.2) is 31.2 Å². The summed E-state index contributed by atoms with van der Waals surface area (Å²) in [6.07, 6.45) is 0.751. The number of amidine groups is 1. The predicted molar refractivity (Wildman–Crippen MR) is 76.6 cm³/mol. The van der Waals surface area contributed by atoms with E-state index in [4.69, 9.17) is 10.9 Å². The van der Waals surface area contributed by atoms with Crippen LogP contribution >= 0.6 is 0 Å². The summed E-state index contributed by atoms with van der Waals surface area (Å²) in [6.45, 7) is 4.05. The number of hydrogen-bond acceptors (Lipinski definition) is 4. The van der Waals surface area contributed by atoms with E-state index in [2.05, 4.69) is 34.4 Å². The minimum atomic E-state index is -0.160. The maximum atomic E-state index is 8.72. The molecule has 0 heterocycles. The Balaban J connectivity index is 2.94. The number of nitrogens with two attached hydrogens (primary N) is 1. The first-order chi connectivity index (χ1) is 8.49. The van der Waals surface area contributed by atoms with Crippen LogP contribution in [0.2, 0.25) is 0 Å². The Kier molecular flexibility index (Phi) is 4.83. The molecule has 0 amide bonds. The van der Waals surface area contributed by atoms with Crippen LogP contribution in [0.3, 0.4) is 0 Å². The van der Waals surface area contributed by atoms with Crippen LogP contribution in [0.5, 0.6) is 0 Å². The Labute approximate surface area is 108 Å². The van der Waals surface area contributed by atoms with Gasteiger partial charge in [-0.25, -0.2) is 0 Å². The topological polar surface area (TPSA) is 73.9 Å². The molecule has 18 heavy (non-hydrogen) atoms. The summed E-state index contributed by atoms with van der Waals surface area (Å²) < 4.78 is 0. The molecule has 1 aromatic rings. The lowest BCUT2D eigenvalue weighted by atomic mass is 10.1. The number of hydrogen-bond donors (Lipinski definition) is 3. The molecule has 0 fully saturated rings. The van der Waals surface area contributed by atoms with Crippen molar-refractivity contribution >= 4 is 17.2 Å². The van der Waals surface area contributed by atoms with Gasteiger partial charge < -0.3 is 21.2 Å². The van der Waals surface area contributed by atoms with Gasteiger partial charge in [-0.3, -0.25) is 0 Å². The molecule has 1 atom stereocenters. The van der Waals surface area contributed by atoms with E-state index in [-0.39, 0.29) is 11.9 Å². The summed E-state index contributed by atoms with van der Waals surface area (Å²) in [5.74, 6) is 0.199. The molecule has 5 nitrogen and oxygen atoms in total. The Hall–Kier alpha value is -1.91. The Morgan fingerprint density at radius 2 is 2.17 bits per heavy atom. The highest BCUT2D eigenvalue weighted by atomic mass is 16.4. The molecule has 0 bridgehead atoms. The fraction of sp³-hybridized carbons (Fsp3) is 0.462. The summed E-state index contributed by atoms with van der Waals surface area (Å²) in [5.41, 5.74) is 8.95. The van der Waals surface area contributed by atoms with Crippen molar-refractivity contribution in [2.45, 2.75) is 26.3 Å². The molecule has 0 saturated heterocycles. The van der Waals surface area contributed by atoms with Crippen molar-refractivity contribution in [2.75, 3.05) is 24.3 Å². The van der Waals surface area contributed by atoms with Gasteiger partial charge in [0.25, 0.3) is 0 Å². The van der Waals surface area contributed by atoms with E-state index < -0.39 is 0 Å². The van der Waals surface area contributed by atoms with Gasteiger partial charge in [-0.2, -0.15) is 0 Å². The van der Waals surface area contributed by atoms with Crippen molar-refractivity contribution in [3.63, 3.8) is 0 Å². The molecule has 0 aromatic heterocycles. The zero-order valence-electron chi connectivity index (χ0n) is 11.4. The summed E-state index contributed by atoms with van der Waals surface area (Å²) in [5, 5.41) is 15.0. The maximum Gasteiger partial charge on any atom is 0.161 e. The highest BCUT2D eigenvalue weighted by Gasteiger charge is 2.12. The van der Waals surface area contributed by atoms with Gasteiger partial charge in [-0.1, -0.05) is 18.1 Å². The van der Waals surface area contributed by atoms with Crippen LogP contribution in [0.15, 0.2) is 23.4 Å². The third-order valence-corrected chi connectivity index (χ3v) is 2.91. The van der Waals surface area contributed by atoms with Gasteiger partial charge >= 0.3 is 0 Å². The van der Waals surface area contributed by atoms with E-state index in [0.717, 1.165) is 17.8 Å². The maximum absolute atomic E-state index is 8.72. The van der Waals surface area contributed by atoms with E-state index in [9.17, 15) is 0 Å². The van der Waals surface area contributed by atoms with Crippen molar-refractivity contribution in [1.29, 1.82) is 0 Å². The molecule has 0 radical (unpaired) electrons. The first-order valence-corrected chi connectivity index (χ1v) is 6.01. The molecular formula is C13H22N4O. The Bertz CT molecular complexity index is 429. The quantitative estimate of drug-likeness (QED) is 0.323. The molecule has 0 spiro atoms. The van der Waals surface area contributed by atoms with Crippen LogP contribution in [-0.2, 0) is 0 Å². The van der Waals surface area contributed by atoms with Crippen molar-refractivity contribution in [1.82, 2.24) is 0 Å². The average Bonchev–Trinajstić information content (AvgIpc) is 2.36. The van der Waals surface area contributed by atoms with E-state index in [1.165, 1.54) is 5.56 Å². The summed E-state index contributed by atoms with van der Waals surface area (Å²) in [7, 11) is 4.01. The lowest BCUT2D eigenvalue weighted by Gasteiger charge is -2.20. The summed E-state index contributed by atoms with van der Waals surface area (Å²) >= 11 is 0. The number of benzene rings is 1. The van der Waals surface area contributed by atoms with Crippen LogP contribution in [0, 0.1) is 6.92 Å². The first-order valence-electron chi connectivity index (χ1n) is 6.01. The monoisotopic (exact) mass is 250 g/mol. The molecule has 1 unspecified atom stereocenters. The molecule has 1 aromatic carbocycles. The number of nitrogens with one attached hydrogen (secondary N) is 1. The highest BCUT2D eigenvalue weighted by molar-refractivity contribution is 5.88. The number of rotatable bonds is 5. The lowest BCUT2D eigenvalue weighted by Crippen LogP contribution is -2.35. The number of oxime groups is 1. The molecule has 0 aliphatic heterocycles. The fourth-order valence-corrected chi connectivity index (χ4v) is 1.84. The van der Waals surface area contributed by atoms with Gasteiger partial charge in [0, 0.05) is 25.5 Å². The third-order valence-electron chi connectivity index (χ3n) is 2.91. The average molecular weight is 250 g/mol. The summed E-state index contributed by atoms with van der Waals surface area (Å²) in [4.78, 5) is 2.06. The van der Waals surface area contributed by atoms with Gasteiger partial charge in [-0.05, 0) is 31.0 Å². The third kappa shape index (κ3) is 3.29. The Morgan fingerprint density at radius 1 is 1.50 bits per heavy atom. The zero-order chi connectivity index (χ0) is 13.7. The van der Waals surface area contributed by atoms with Crippen LogP contribution in [0.1, 0.15) is 18.9 Å². The number of nitrogens with zero attached hydrogens (tertiary/aromatic N) is 2. The van der Waals surface area contributed by atoms with E-state index in [1.807, 2.05) is 27.1 Å². The standard InChI is InChI=1S/C13H22N4O/c1-5-11(13(14)16-18)15-10-7-6-9(2)12(8-10)17(3)4/h6-8,11,15,18H,5H2,1-4H3,(H2,14,16). The molecular weight excluding hydrogens is 228 g/mol. The molecule has 1 rings (SSSR count). The van der Waals surface area contributed by atoms with Gasteiger partial charge in [0.1, 0.15) is 0 Å². The van der Waals surface area contributed by atoms with Gasteiger partial charge in [0.05, 0.1) is 6.04 Å². The number of aryl methyl sites for hydroxylation is 1. The molecule has 100 valence electrons. The summed E-state index contributed by atoms with van der Waals surface area (Å²) in [6, 6.07) is 5.95. The largest absolute Gasteiger partial charge is 0.409 e. The van der Waals surface area contributed by atoms with E-state index >= 15 is 0 Å². The normalized spacial score (nSPS) is 13.2. The fourth-order valence-electron chi connectivity index (χ4n) is 1.84. The SMILES string of the molecule is CCC(Nc1ccc(C)c(N(C)C)c1)/C(N)=N/O. The van der Waals surface area contributed by atoms with E-state index in [0.29, 0.717) is 0 Å². The molecule has 5 heteroatoms. The first kappa shape index (κ1) is 14.2. The van der Waals surface area contributed by atoms with Gasteiger partial charge in [-0.15, -0.1) is 0 Å². The zero-order valence-corrected chi connectivity index (χ0v) is 11.4. The van der Waals surface area contributed by atoms with Crippen molar-refractivity contribution in [2.24, 2.45) is 10.9 Å². The van der Waals surface area contributed by atoms with Crippen molar-refractivity contribution < 1.29 is 5.21 Å². The number of anilines is 2. The molecule has 0 aliphatic rings. The second-order valence-corrected chi connectivity index (χ2v) is 4.53. The second kappa shape index (κ2) is 6.14. The molecule has 0 saturated carbocycles. The minimum Gasteiger partial charge on any atom is -0.409 e. The van der Waals surface area contributed by atoms with E-state index in [1.54, 1.807) is 0 Å². The molecule has 0 aliphatic carbocycles. The predicted octanol–water partition coefficient (Wildman–Crippen LogP) is 2.00.